The lowest BCUT2D eigenvalue weighted by molar-refractivity contribution is 0.101. The van der Waals surface area contributed by atoms with Gasteiger partial charge in [-0.1, -0.05) is 12.5 Å². The number of hydrogen-bond donors (Lipinski definition) is 1. The van der Waals surface area contributed by atoms with Gasteiger partial charge in [0, 0.05) is 12.6 Å². The monoisotopic (exact) mass is 155 g/mol. The summed E-state index contributed by atoms with van der Waals surface area (Å²) in [6.45, 7) is 6.04. The van der Waals surface area contributed by atoms with Crippen LogP contribution in [0.15, 0.2) is 12.7 Å². The molecule has 0 bridgehead atoms. The zero-order valence-corrected chi connectivity index (χ0v) is 7.00. The number of rotatable bonds is 3. The average molecular weight is 155 g/mol. The molecular weight excluding hydrogens is 138 g/mol. The zero-order valence-electron chi connectivity index (χ0n) is 7.00. The predicted octanol–water partition coefficient (Wildman–Crippen LogP) is 1.02. The number of hydrogen-bond acceptors (Lipinski definition) is 2. The first-order chi connectivity index (χ1) is 5.38. The molecule has 1 heterocycles. The molecule has 0 saturated carbocycles. The third-order valence-electron chi connectivity index (χ3n) is 2.32. The molecular formula is C9H17NO. The van der Waals surface area contributed by atoms with Crippen LogP contribution in [-0.4, -0.2) is 35.7 Å². The summed E-state index contributed by atoms with van der Waals surface area (Å²) in [7, 11) is 0. The summed E-state index contributed by atoms with van der Waals surface area (Å²) in [5.41, 5.74) is 0. The first-order valence-electron chi connectivity index (χ1n) is 4.34. The van der Waals surface area contributed by atoms with Crippen LogP contribution < -0.4 is 0 Å². The van der Waals surface area contributed by atoms with E-state index in [-0.39, 0.29) is 0 Å². The maximum atomic E-state index is 9.01. The van der Waals surface area contributed by atoms with Gasteiger partial charge < -0.3 is 5.11 Å². The predicted molar refractivity (Wildman–Crippen MR) is 46.5 cm³/mol. The zero-order chi connectivity index (χ0) is 8.10. The Hall–Kier alpha value is -0.340. The van der Waals surface area contributed by atoms with Gasteiger partial charge in [0.15, 0.2) is 0 Å². The Morgan fingerprint density at radius 2 is 2.36 bits per heavy atom. The lowest BCUT2D eigenvalue weighted by Crippen LogP contribution is -2.41. The molecule has 1 N–H and O–H groups in total. The van der Waals surface area contributed by atoms with Crippen molar-refractivity contribution in [3.63, 3.8) is 0 Å². The van der Waals surface area contributed by atoms with E-state index in [1.54, 1.807) is 0 Å². The Labute approximate surface area is 68.5 Å². The first-order valence-corrected chi connectivity index (χ1v) is 4.34. The minimum Gasteiger partial charge on any atom is -0.395 e. The highest BCUT2D eigenvalue weighted by Crippen LogP contribution is 2.15. The molecule has 11 heavy (non-hydrogen) atoms. The van der Waals surface area contributed by atoms with Crippen LogP contribution in [0.2, 0.25) is 0 Å². The van der Waals surface area contributed by atoms with Crippen LogP contribution in [-0.2, 0) is 0 Å². The Kier molecular flexibility index (Phi) is 3.60. The molecule has 2 nitrogen and oxygen atoms in total. The molecule has 1 rings (SSSR count). The minimum absolute atomic E-state index is 0.299. The summed E-state index contributed by atoms with van der Waals surface area (Å²) in [4.78, 5) is 2.30. The third-order valence-corrected chi connectivity index (χ3v) is 2.32. The highest BCUT2D eigenvalue weighted by atomic mass is 16.3. The molecule has 1 atom stereocenters. The summed E-state index contributed by atoms with van der Waals surface area (Å²) in [6, 6.07) is 0.391. The SMILES string of the molecule is C=CCN1CCCCC1CO. The van der Waals surface area contributed by atoms with Crippen molar-refractivity contribution in [2.45, 2.75) is 25.3 Å². The molecule has 64 valence electrons. The highest BCUT2D eigenvalue weighted by Gasteiger charge is 2.19. The van der Waals surface area contributed by atoms with Gasteiger partial charge in [-0.05, 0) is 19.4 Å². The standard InChI is InChI=1S/C9H17NO/c1-2-6-10-7-4-3-5-9(10)8-11/h2,9,11H,1,3-8H2. The van der Waals surface area contributed by atoms with Crippen molar-refractivity contribution >= 4 is 0 Å². The fourth-order valence-electron chi connectivity index (χ4n) is 1.67. The van der Waals surface area contributed by atoms with Crippen LogP contribution >= 0.6 is 0 Å². The smallest absolute Gasteiger partial charge is 0.0586 e. The molecule has 0 amide bonds. The highest BCUT2D eigenvalue weighted by molar-refractivity contribution is 4.81. The summed E-state index contributed by atoms with van der Waals surface area (Å²) in [5, 5.41) is 9.01. The number of aliphatic hydroxyl groups excluding tert-OH is 1. The van der Waals surface area contributed by atoms with Gasteiger partial charge >= 0.3 is 0 Å². The lowest BCUT2D eigenvalue weighted by atomic mass is 10.0. The molecule has 0 aromatic carbocycles. The molecule has 0 aromatic rings. The molecule has 1 saturated heterocycles. The van der Waals surface area contributed by atoms with Gasteiger partial charge in [0.25, 0.3) is 0 Å². The first kappa shape index (κ1) is 8.75. The largest absolute Gasteiger partial charge is 0.395 e. The second-order valence-electron chi connectivity index (χ2n) is 3.12. The van der Waals surface area contributed by atoms with E-state index in [4.69, 9.17) is 5.11 Å². The normalized spacial score (nSPS) is 26.8. The second kappa shape index (κ2) is 4.52. The van der Waals surface area contributed by atoms with Crippen molar-refractivity contribution < 1.29 is 5.11 Å². The minimum atomic E-state index is 0.299. The third kappa shape index (κ3) is 2.31. The molecule has 0 aliphatic carbocycles. The Morgan fingerprint density at radius 3 is 3.00 bits per heavy atom. The van der Waals surface area contributed by atoms with E-state index < -0.39 is 0 Å². The average Bonchev–Trinajstić information content (AvgIpc) is 2.06. The van der Waals surface area contributed by atoms with E-state index in [0.29, 0.717) is 12.6 Å². The molecule has 1 aliphatic rings. The van der Waals surface area contributed by atoms with Crippen molar-refractivity contribution in [2.24, 2.45) is 0 Å². The molecule has 0 aromatic heterocycles. The summed E-state index contributed by atoms with van der Waals surface area (Å²) >= 11 is 0. The maximum absolute atomic E-state index is 9.01. The number of aliphatic hydroxyl groups is 1. The van der Waals surface area contributed by atoms with Gasteiger partial charge in [-0.3, -0.25) is 4.90 Å². The maximum Gasteiger partial charge on any atom is 0.0586 e. The molecule has 0 radical (unpaired) electrons. The van der Waals surface area contributed by atoms with Crippen molar-refractivity contribution in [3.8, 4) is 0 Å². The van der Waals surface area contributed by atoms with E-state index in [2.05, 4.69) is 11.5 Å². The molecule has 1 fully saturated rings. The van der Waals surface area contributed by atoms with Gasteiger partial charge in [-0.25, -0.2) is 0 Å². The molecule has 2 heteroatoms. The second-order valence-corrected chi connectivity index (χ2v) is 3.12. The number of piperidine rings is 1. The van der Waals surface area contributed by atoms with Crippen LogP contribution in [0.5, 0.6) is 0 Å². The van der Waals surface area contributed by atoms with Crippen molar-refractivity contribution in [3.05, 3.63) is 12.7 Å². The van der Waals surface area contributed by atoms with Crippen LogP contribution in [0.4, 0.5) is 0 Å². The van der Waals surface area contributed by atoms with Gasteiger partial charge in [0.2, 0.25) is 0 Å². The molecule has 1 aliphatic heterocycles. The summed E-state index contributed by atoms with van der Waals surface area (Å²) in [6.07, 6.45) is 5.58. The van der Waals surface area contributed by atoms with Gasteiger partial charge in [-0.15, -0.1) is 6.58 Å². The van der Waals surface area contributed by atoms with E-state index in [1.807, 2.05) is 6.08 Å². The van der Waals surface area contributed by atoms with E-state index in [1.165, 1.54) is 12.8 Å². The molecule has 0 spiro atoms. The Balaban J connectivity index is 2.37. The van der Waals surface area contributed by atoms with Crippen LogP contribution in [0.25, 0.3) is 0 Å². The number of likely N-dealkylation sites (tertiary alicyclic amines) is 1. The topological polar surface area (TPSA) is 23.5 Å². The van der Waals surface area contributed by atoms with E-state index >= 15 is 0 Å². The van der Waals surface area contributed by atoms with Crippen molar-refractivity contribution in [2.75, 3.05) is 19.7 Å². The van der Waals surface area contributed by atoms with Gasteiger partial charge in [-0.2, -0.15) is 0 Å². The van der Waals surface area contributed by atoms with Crippen LogP contribution in [0.3, 0.4) is 0 Å². The Bertz CT molecular complexity index is 125. The number of nitrogens with zero attached hydrogens (tertiary/aromatic N) is 1. The summed E-state index contributed by atoms with van der Waals surface area (Å²) in [5.74, 6) is 0. The Morgan fingerprint density at radius 1 is 1.55 bits per heavy atom. The fraction of sp³-hybridized carbons (Fsp3) is 0.778. The van der Waals surface area contributed by atoms with E-state index in [9.17, 15) is 0 Å². The fourth-order valence-corrected chi connectivity index (χ4v) is 1.67. The quantitative estimate of drug-likeness (QED) is 0.615. The lowest BCUT2D eigenvalue weighted by Gasteiger charge is -2.33. The van der Waals surface area contributed by atoms with Crippen LogP contribution in [0.1, 0.15) is 19.3 Å². The van der Waals surface area contributed by atoms with Crippen molar-refractivity contribution in [1.82, 2.24) is 4.90 Å². The van der Waals surface area contributed by atoms with Crippen LogP contribution in [0, 0.1) is 0 Å². The van der Waals surface area contributed by atoms with Gasteiger partial charge in [0.05, 0.1) is 6.61 Å². The molecule has 1 unspecified atom stereocenters. The van der Waals surface area contributed by atoms with Crippen molar-refractivity contribution in [1.29, 1.82) is 0 Å². The summed E-state index contributed by atoms with van der Waals surface area (Å²) < 4.78 is 0. The van der Waals surface area contributed by atoms with Gasteiger partial charge in [0.1, 0.15) is 0 Å². The van der Waals surface area contributed by atoms with E-state index in [0.717, 1.165) is 19.5 Å².